The standard InChI is InChI=1S/C23H31N5O4S/c1-23(2,3)26-21(30)18(13-9-11-15(32-4)12-10-13)28(14-7-5-6-8-14)22(31)19-16(24)17(20(25)29)27-33-19/h9-12,14,18H,5-8,24H2,1-4H3,(H2,25,29)(H,26,30)/t18-/m1/s1. The average molecular weight is 474 g/mol. The number of hydrogen-bond acceptors (Lipinski definition) is 7. The highest BCUT2D eigenvalue weighted by Gasteiger charge is 2.40. The van der Waals surface area contributed by atoms with Crippen LogP contribution in [0, 0.1) is 0 Å². The molecule has 2 aromatic rings. The molecule has 0 radical (unpaired) electrons. The Balaban J connectivity index is 2.12. The van der Waals surface area contributed by atoms with Gasteiger partial charge in [-0.1, -0.05) is 25.0 Å². The fourth-order valence-electron chi connectivity index (χ4n) is 4.09. The third-order valence-electron chi connectivity index (χ3n) is 5.56. The maximum atomic E-state index is 13.9. The third-order valence-corrected chi connectivity index (χ3v) is 6.42. The summed E-state index contributed by atoms with van der Waals surface area (Å²) in [5, 5.41) is 3.01. The van der Waals surface area contributed by atoms with Crippen molar-refractivity contribution in [1.82, 2.24) is 14.6 Å². The Morgan fingerprint density at radius 3 is 2.27 bits per heavy atom. The van der Waals surface area contributed by atoms with Gasteiger partial charge >= 0.3 is 0 Å². The van der Waals surface area contributed by atoms with E-state index in [1.807, 2.05) is 20.8 Å². The summed E-state index contributed by atoms with van der Waals surface area (Å²) in [6.07, 6.45) is 3.44. The summed E-state index contributed by atoms with van der Waals surface area (Å²) in [6.45, 7) is 5.66. The Morgan fingerprint density at radius 1 is 1.18 bits per heavy atom. The molecule has 1 aliphatic rings. The van der Waals surface area contributed by atoms with Crippen molar-refractivity contribution >= 4 is 34.9 Å². The molecule has 0 unspecified atom stereocenters. The van der Waals surface area contributed by atoms with Gasteiger partial charge in [0.15, 0.2) is 5.69 Å². The number of rotatable bonds is 7. The normalized spacial score (nSPS) is 15.2. The van der Waals surface area contributed by atoms with Gasteiger partial charge in [0.1, 0.15) is 16.7 Å². The lowest BCUT2D eigenvalue weighted by Crippen LogP contribution is -2.51. The third kappa shape index (κ3) is 5.44. The number of aromatic nitrogens is 1. The van der Waals surface area contributed by atoms with Gasteiger partial charge in [-0.05, 0) is 62.8 Å². The second-order valence-electron chi connectivity index (χ2n) is 9.20. The zero-order valence-corrected chi connectivity index (χ0v) is 20.2. The van der Waals surface area contributed by atoms with Crippen molar-refractivity contribution in [2.45, 2.75) is 64.1 Å². The number of carbonyl (C=O) groups is 3. The lowest BCUT2D eigenvalue weighted by Gasteiger charge is -2.37. The van der Waals surface area contributed by atoms with Gasteiger partial charge < -0.3 is 26.4 Å². The van der Waals surface area contributed by atoms with E-state index in [-0.39, 0.29) is 28.2 Å². The highest BCUT2D eigenvalue weighted by atomic mass is 32.1. The van der Waals surface area contributed by atoms with E-state index in [0.29, 0.717) is 11.3 Å². The van der Waals surface area contributed by atoms with E-state index in [2.05, 4.69) is 9.69 Å². The SMILES string of the molecule is COc1ccc([C@H](C(=O)NC(C)(C)C)N(C(=O)c2snc(C(N)=O)c2N)C2CCCC2)cc1. The smallest absolute Gasteiger partial charge is 0.270 e. The molecule has 178 valence electrons. The number of nitrogens with one attached hydrogen (secondary N) is 1. The van der Waals surface area contributed by atoms with Gasteiger partial charge in [0.05, 0.1) is 12.8 Å². The van der Waals surface area contributed by atoms with Crippen LogP contribution in [0.3, 0.4) is 0 Å². The van der Waals surface area contributed by atoms with Crippen molar-refractivity contribution in [3.05, 3.63) is 40.4 Å². The molecule has 1 saturated carbocycles. The number of methoxy groups -OCH3 is 1. The van der Waals surface area contributed by atoms with Crippen LogP contribution < -0.4 is 21.5 Å². The molecule has 0 spiro atoms. The van der Waals surface area contributed by atoms with Crippen LogP contribution in [-0.4, -0.2) is 45.7 Å². The van der Waals surface area contributed by atoms with E-state index in [0.717, 1.165) is 37.2 Å². The van der Waals surface area contributed by atoms with Gasteiger partial charge in [0.2, 0.25) is 5.91 Å². The first-order valence-corrected chi connectivity index (χ1v) is 11.6. The molecule has 3 rings (SSSR count). The fraction of sp³-hybridized carbons (Fsp3) is 0.478. The second-order valence-corrected chi connectivity index (χ2v) is 9.98. The molecule has 1 aromatic carbocycles. The minimum atomic E-state index is -0.899. The zero-order valence-electron chi connectivity index (χ0n) is 19.4. The van der Waals surface area contributed by atoms with Crippen molar-refractivity contribution < 1.29 is 19.1 Å². The summed E-state index contributed by atoms with van der Waals surface area (Å²) in [6, 6.07) is 6.03. The van der Waals surface area contributed by atoms with Crippen molar-refractivity contribution in [3.8, 4) is 5.75 Å². The largest absolute Gasteiger partial charge is 0.497 e. The molecule has 9 nitrogen and oxygen atoms in total. The Bertz CT molecular complexity index is 1020. The Kier molecular flexibility index (Phi) is 7.26. The minimum Gasteiger partial charge on any atom is -0.497 e. The predicted molar refractivity (Wildman–Crippen MR) is 127 cm³/mol. The van der Waals surface area contributed by atoms with E-state index in [1.54, 1.807) is 36.3 Å². The van der Waals surface area contributed by atoms with Gasteiger partial charge in [0, 0.05) is 11.6 Å². The van der Waals surface area contributed by atoms with E-state index in [1.165, 1.54) is 0 Å². The molecule has 0 saturated heterocycles. The van der Waals surface area contributed by atoms with E-state index < -0.39 is 23.4 Å². The Labute approximate surface area is 197 Å². The maximum Gasteiger partial charge on any atom is 0.270 e. The number of nitrogens with two attached hydrogens (primary N) is 2. The molecule has 1 heterocycles. The van der Waals surface area contributed by atoms with Crippen LogP contribution in [-0.2, 0) is 4.79 Å². The minimum absolute atomic E-state index is 0.0507. The quantitative estimate of drug-likeness (QED) is 0.565. The van der Waals surface area contributed by atoms with E-state index in [4.69, 9.17) is 16.2 Å². The summed E-state index contributed by atoms with van der Waals surface area (Å²) >= 11 is 0.825. The van der Waals surface area contributed by atoms with Crippen molar-refractivity contribution in [3.63, 3.8) is 0 Å². The van der Waals surface area contributed by atoms with Crippen LogP contribution in [0.25, 0.3) is 0 Å². The lowest BCUT2D eigenvalue weighted by molar-refractivity contribution is -0.128. The monoisotopic (exact) mass is 473 g/mol. The maximum absolute atomic E-state index is 13.9. The number of benzene rings is 1. The second kappa shape index (κ2) is 9.78. The van der Waals surface area contributed by atoms with Gasteiger partial charge in [-0.3, -0.25) is 14.4 Å². The van der Waals surface area contributed by atoms with Gasteiger partial charge in [-0.15, -0.1) is 0 Å². The number of anilines is 1. The first-order valence-electron chi connectivity index (χ1n) is 10.9. The van der Waals surface area contributed by atoms with E-state index in [9.17, 15) is 14.4 Å². The molecule has 0 aliphatic heterocycles. The predicted octanol–water partition coefficient (Wildman–Crippen LogP) is 2.87. The number of nitrogens with zero attached hydrogens (tertiary/aromatic N) is 2. The molecule has 1 aliphatic carbocycles. The molecule has 1 fully saturated rings. The van der Waals surface area contributed by atoms with E-state index >= 15 is 0 Å². The average Bonchev–Trinajstić information content (AvgIpc) is 3.40. The van der Waals surface area contributed by atoms with Crippen LogP contribution in [0.2, 0.25) is 0 Å². The summed E-state index contributed by atoms with van der Waals surface area (Å²) in [7, 11) is 1.57. The molecule has 1 atom stereocenters. The molecule has 1 aromatic heterocycles. The summed E-state index contributed by atoms with van der Waals surface area (Å²) in [5.74, 6) is -0.891. The molecule has 3 amide bonds. The van der Waals surface area contributed by atoms with Crippen molar-refractivity contribution in [2.24, 2.45) is 5.73 Å². The highest BCUT2D eigenvalue weighted by molar-refractivity contribution is 7.09. The van der Waals surface area contributed by atoms with Crippen LogP contribution in [0.15, 0.2) is 24.3 Å². The zero-order chi connectivity index (χ0) is 24.3. The molecular formula is C23H31N5O4S. The molecule has 10 heteroatoms. The number of primary amides is 1. The molecular weight excluding hydrogens is 442 g/mol. The first kappa shape index (κ1) is 24.5. The number of amides is 3. The van der Waals surface area contributed by atoms with Crippen molar-refractivity contribution in [1.29, 1.82) is 0 Å². The molecule has 5 N–H and O–H groups in total. The fourth-order valence-corrected chi connectivity index (χ4v) is 4.83. The highest BCUT2D eigenvalue weighted by Crippen LogP contribution is 2.36. The Hall–Kier alpha value is -3.14. The van der Waals surface area contributed by atoms with Crippen LogP contribution in [0.1, 0.15) is 78.2 Å². The van der Waals surface area contributed by atoms with Crippen LogP contribution in [0.5, 0.6) is 5.75 Å². The summed E-state index contributed by atoms with van der Waals surface area (Å²) < 4.78 is 9.24. The molecule has 0 bridgehead atoms. The molecule has 33 heavy (non-hydrogen) atoms. The van der Waals surface area contributed by atoms with Crippen LogP contribution in [0.4, 0.5) is 5.69 Å². The number of hydrogen-bond donors (Lipinski definition) is 3. The number of ether oxygens (including phenoxy) is 1. The van der Waals surface area contributed by atoms with Crippen molar-refractivity contribution in [2.75, 3.05) is 12.8 Å². The lowest BCUT2D eigenvalue weighted by atomic mass is 9.98. The Morgan fingerprint density at radius 2 is 1.79 bits per heavy atom. The first-order chi connectivity index (χ1) is 15.5. The summed E-state index contributed by atoms with van der Waals surface area (Å²) in [4.78, 5) is 40.8. The number of nitrogen functional groups attached to an aromatic ring is 1. The summed E-state index contributed by atoms with van der Waals surface area (Å²) in [5.41, 5.74) is 11.4. The van der Waals surface area contributed by atoms with Gasteiger partial charge in [0.25, 0.3) is 11.8 Å². The van der Waals surface area contributed by atoms with Crippen LogP contribution >= 0.6 is 11.5 Å². The topological polar surface area (TPSA) is 141 Å². The van der Waals surface area contributed by atoms with Gasteiger partial charge in [-0.25, -0.2) is 0 Å². The number of carbonyl (C=O) groups excluding carboxylic acids is 3. The van der Waals surface area contributed by atoms with Gasteiger partial charge in [-0.2, -0.15) is 4.37 Å².